The number of benzene rings is 2. The van der Waals surface area contributed by atoms with Gasteiger partial charge in [-0.05, 0) is 48.7 Å². The van der Waals surface area contributed by atoms with Crippen LogP contribution in [0.2, 0.25) is 0 Å². The zero-order valence-corrected chi connectivity index (χ0v) is 19.5. The van der Waals surface area contributed by atoms with Crippen molar-refractivity contribution in [3.63, 3.8) is 0 Å². The van der Waals surface area contributed by atoms with Crippen molar-refractivity contribution >= 4 is 23.4 Å². The standard InChI is InChI=1S/C25H26N4O3S/c1-3-19-10-7-9-18(2)24(19)26-23(30)17-33-25-28-27-22(16-32-20-11-5-4-6-12-20)29(25)15-21-13-8-14-31-21/h4-14H,3,15-17H2,1-2H3,(H,26,30). The number of furan rings is 1. The second kappa shape index (κ2) is 10.9. The summed E-state index contributed by atoms with van der Waals surface area (Å²) in [5.74, 6) is 2.31. The molecule has 1 amide bonds. The first kappa shape index (κ1) is 22.7. The van der Waals surface area contributed by atoms with Crippen LogP contribution in [0.3, 0.4) is 0 Å². The molecule has 170 valence electrons. The van der Waals surface area contributed by atoms with Gasteiger partial charge in [-0.1, -0.05) is 55.1 Å². The Morgan fingerprint density at radius 1 is 1.09 bits per heavy atom. The molecule has 7 nitrogen and oxygen atoms in total. The summed E-state index contributed by atoms with van der Waals surface area (Å²) in [6, 6.07) is 19.3. The molecule has 0 aliphatic rings. The zero-order valence-electron chi connectivity index (χ0n) is 18.7. The van der Waals surface area contributed by atoms with Gasteiger partial charge in [-0.15, -0.1) is 10.2 Å². The fourth-order valence-corrected chi connectivity index (χ4v) is 4.18. The highest BCUT2D eigenvalue weighted by atomic mass is 32.2. The summed E-state index contributed by atoms with van der Waals surface area (Å²) in [6.07, 6.45) is 2.49. The molecular formula is C25H26N4O3S. The lowest BCUT2D eigenvalue weighted by Gasteiger charge is -2.13. The monoisotopic (exact) mass is 462 g/mol. The quantitative estimate of drug-likeness (QED) is 0.330. The topological polar surface area (TPSA) is 82.2 Å². The van der Waals surface area contributed by atoms with Crippen LogP contribution < -0.4 is 10.1 Å². The number of nitrogens with one attached hydrogen (secondary N) is 1. The molecule has 2 heterocycles. The number of hydrogen-bond acceptors (Lipinski definition) is 6. The summed E-state index contributed by atoms with van der Waals surface area (Å²) in [6.45, 7) is 4.79. The number of hydrogen-bond donors (Lipinski definition) is 1. The van der Waals surface area contributed by atoms with Gasteiger partial charge in [0.05, 0.1) is 18.6 Å². The van der Waals surface area contributed by atoms with Gasteiger partial charge in [0.1, 0.15) is 18.1 Å². The smallest absolute Gasteiger partial charge is 0.234 e. The van der Waals surface area contributed by atoms with E-state index in [9.17, 15) is 4.79 Å². The maximum atomic E-state index is 12.7. The van der Waals surface area contributed by atoms with Crippen LogP contribution in [0.25, 0.3) is 0 Å². The molecule has 2 aromatic heterocycles. The summed E-state index contributed by atoms with van der Waals surface area (Å²) >= 11 is 1.34. The highest BCUT2D eigenvalue weighted by molar-refractivity contribution is 7.99. The molecule has 0 unspecified atom stereocenters. The summed E-state index contributed by atoms with van der Waals surface area (Å²) in [7, 11) is 0. The van der Waals surface area contributed by atoms with E-state index in [4.69, 9.17) is 9.15 Å². The second-order valence-corrected chi connectivity index (χ2v) is 8.41. The number of ether oxygens (including phenoxy) is 1. The van der Waals surface area contributed by atoms with Gasteiger partial charge in [-0.25, -0.2) is 0 Å². The number of aromatic nitrogens is 3. The van der Waals surface area contributed by atoms with Crippen LogP contribution in [0.4, 0.5) is 5.69 Å². The van der Waals surface area contributed by atoms with Crippen molar-refractivity contribution < 1.29 is 13.9 Å². The molecule has 0 aliphatic heterocycles. The summed E-state index contributed by atoms with van der Waals surface area (Å²) in [5.41, 5.74) is 3.06. The Hall–Kier alpha value is -3.52. The fourth-order valence-electron chi connectivity index (χ4n) is 3.42. The van der Waals surface area contributed by atoms with E-state index in [1.165, 1.54) is 11.8 Å². The number of carbonyl (C=O) groups excluding carboxylic acids is 1. The molecule has 0 saturated carbocycles. The minimum absolute atomic E-state index is 0.0846. The fraction of sp³-hybridized carbons (Fsp3) is 0.240. The van der Waals surface area contributed by atoms with Crippen molar-refractivity contribution in [2.75, 3.05) is 11.1 Å². The van der Waals surface area contributed by atoms with E-state index in [0.717, 1.165) is 34.7 Å². The van der Waals surface area contributed by atoms with Crippen LogP contribution in [0.1, 0.15) is 29.6 Å². The van der Waals surface area contributed by atoms with E-state index >= 15 is 0 Å². The number of nitrogens with zero attached hydrogens (tertiary/aromatic N) is 3. The van der Waals surface area contributed by atoms with Crippen LogP contribution >= 0.6 is 11.8 Å². The highest BCUT2D eigenvalue weighted by Gasteiger charge is 2.17. The molecule has 0 aliphatic carbocycles. The molecule has 2 aromatic carbocycles. The predicted molar refractivity (Wildman–Crippen MR) is 129 cm³/mol. The third-order valence-corrected chi connectivity index (χ3v) is 6.10. The van der Waals surface area contributed by atoms with Crippen molar-refractivity contribution in [2.45, 2.75) is 38.6 Å². The van der Waals surface area contributed by atoms with Crippen LogP contribution in [0.15, 0.2) is 76.5 Å². The van der Waals surface area contributed by atoms with E-state index in [0.29, 0.717) is 17.5 Å². The minimum Gasteiger partial charge on any atom is -0.486 e. The third-order valence-electron chi connectivity index (χ3n) is 5.14. The Balaban J connectivity index is 1.46. The molecule has 1 N–H and O–H groups in total. The predicted octanol–water partition coefficient (Wildman–Crippen LogP) is 5.10. The molecule has 0 saturated heterocycles. The average molecular weight is 463 g/mol. The van der Waals surface area contributed by atoms with Gasteiger partial charge in [-0.3, -0.25) is 9.36 Å². The molecule has 4 rings (SSSR count). The SMILES string of the molecule is CCc1cccc(C)c1NC(=O)CSc1nnc(COc2ccccc2)n1Cc1ccco1. The number of anilines is 1. The van der Waals surface area contributed by atoms with Gasteiger partial charge in [0.2, 0.25) is 5.91 Å². The minimum atomic E-state index is -0.0846. The van der Waals surface area contributed by atoms with Gasteiger partial charge in [-0.2, -0.15) is 0 Å². The molecule has 0 radical (unpaired) electrons. The van der Waals surface area contributed by atoms with E-state index in [2.05, 4.69) is 22.4 Å². The van der Waals surface area contributed by atoms with Gasteiger partial charge in [0.25, 0.3) is 0 Å². The Bertz CT molecular complexity index is 1190. The average Bonchev–Trinajstić information content (AvgIpc) is 3.49. The van der Waals surface area contributed by atoms with Crippen molar-refractivity contribution in [2.24, 2.45) is 0 Å². The van der Waals surface area contributed by atoms with E-state index in [1.807, 2.05) is 72.2 Å². The lowest BCUT2D eigenvalue weighted by Crippen LogP contribution is -2.17. The van der Waals surface area contributed by atoms with Crippen LogP contribution in [-0.4, -0.2) is 26.4 Å². The largest absolute Gasteiger partial charge is 0.486 e. The summed E-state index contributed by atoms with van der Waals surface area (Å²) in [5, 5.41) is 12.3. The van der Waals surface area contributed by atoms with E-state index in [1.54, 1.807) is 6.26 Å². The second-order valence-electron chi connectivity index (χ2n) is 7.47. The Morgan fingerprint density at radius 3 is 2.70 bits per heavy atom. The normalized spacial score (nSPS) is 10.8. The molecule has 8 heteroatoms. The van der Waals surface area contributed by atoms with Gasteiger partial charge < -0.3 is 14.5 Å². The summed E-state index contributed by atoms with van der Waals surface area (Å²) in [4.78, 5) is 12.7. The van der Waals surface area contributed by atoms with Crippen molar-refractivity contribution in [3.8, 4) is 5.75 Å². The van der Waals surface area contributed by atoms with Gasteiger partial charge in [0.15, 0.2) is 11.0 Å². The van der Waals surface area contributed by atoms with Crippen LogP contribution in [0.5, 0.6) is 5.75 Å². The van der Waals surface area contributed by atoms with Crippen molar-refractivity contribution in [1.82, 2.24) is 14.8 Å². The zero-order chi connectivity index (χ0) is 23.0. The number of thioether (sulfide) groups is 1. The third kappa shape index (κ3) is 5.84. The molecule has 4 aromatic rings. The first-order valence-electron chi connectivity index (χ1n) is 10.8. The van der Waals surface area contributed by atoms with E-state index < -0.39 is 0 Å². The lowest BCUT2D eigenvalue weighted by atomic mass is 10.1. The highest BCUT2D eigenvalue weighted by Crippen LogP contribution is 2.24. The molecule has 0 bridgehead atoms. The van der Waals surface area contributed by atoms with Crippen molar-refractivity contribution in [1.29, 1.82) is 0 Å². The lowest BCUT2D eigenvalue weighted by molar-refractivity contribution is -0.113. The Labute approximate surface area is 197 Å². The number of amides is 1. The molecule has 33 heavy (non-hydrogen) atoms. The number of carbonyl (C=O) groups is 1. The number of rotatable bonds is 10. The molecule has 0 fully saturated rings. The Kier molecular flexibility index (Phi) is 7.47. The number of para-hydroxylation sites is 2. The maximum absolute atomic E-state index is 12.7. The van der Waals surface area contributed by atoms with Crippen LogP contribution in [0, 0.1) is 6.92 Å². The summed E-state index contributed by atoms with van der Waals surface area (Å²) < 4.78 is 13.3. The molecular weight excluding hydrogens is 436 g/mol. The number of aryl methyl sites for hydroxylation is 2. The Morgan fingerprint density at radius 2 is 1.94 bits per heavy atom. The first-order valence-corrected chi connectivity index (χ1v) is 11.8. The first-order chi connectivity index (χ1) is 16.1. The van der Waals surface area contributed by atoms with Crippen LogP contribution in [-0.2, 0) is 24.4 Å². The maximum Gasteiger partial charge on any atom is 0.234 e. The van der Waals surface area contributed by atoms with E-state index in [-0.39, 0.29) is 18.3 Å². The molecule has 0 atom stereocenters. The molecule has 0 spiro atoms. The van der Waals surface area contributed by atoms with Gasteiger partial charge >= 0.3 is 0 Å². The van der Waals surface area contributed by atoms with Gasteiger partial charge in [0, 0.05) is 5.69 Å². The van der Waals surface area contributed by atoms with Crippen molar-refractivity contribution in [3.05, 3.63) is 89.6 Å².